The molecule has 0 spiro atoms. The number of rotatable bonds is 36. The number of unbranched alkanes of at least 4 members (excludes halogenated alkanes) is 10. The molecule has 4 atom stereocenters. The van der Waals surface area contributed by atoms with Crippen molar-refractivity contribution in [2.45, 2.75) is 242 Å². The zero-order valence-corrected chi connectivity index (χ0v) is 46.0. The molecule has 0 saturated carbocycles. The van der Waals surface area contributed by atoms with Gasteiger partial charge in [-0.3, -0.25) is 0 Å². The van der Waals surface area contributed by atoms with Gasteiger partial charge in [-0.2, -0.15) is 0 Å². The van der Waals surface area contributed by atoms with Gasteiger partial charge in [0.2, 0.25) is 0 Å². The summed E-state index contributed by atoms with van der Waals surface area (Å²) in [6.45, 7) is 24.9. The van der Waals surface area contributed by atoms with E-state index in [1.54, 1.807) is 12.1 Å². The molecule has 0 aliphatic carbocycles. The second kappa shape index (κ2) is 29.3. The zero-order valence-electron chi connectivity index (χ0n) is 42.0. The molecule has 9 heteroatoms. The summed E-state index contributed by atoms with van der Waals surface area (Å²) in [7, 11) is -3.54. The number of hydrogen-bond acceptors (Lipinski definition) is 5. The highest BCUT2D eigenvalue weighted by molar-refractivity contribution is 6.86. The summed E-state index contributed by atoms with van der Waals surface area (Å²) in [5.74, 6) is 0.763. The van der Waals surface area contributed by atoms with Crippen LogP contribution in [-0.2, 0) is 25.8 Å². The SMILES string of the molecule is CCCC(CCC(CCCCCCCCc1cccc(O)c1)[Si](C)(C)OC)[Si](C)(C)O[Si](C)(C)C(CCC)CCC(CCCCCCCCc1cccc(O)c1)[Si](C)(C)OC. The van der Waals surface area contributed by atoms with E-state index in [4.69, 9.17) is 13.0 Å². The fourth-order valence-corrected chi connectivity index (χ4v) is 25.0. The van der Waals surface area contributed by atoms with Crippen LogP contribution in [0.25, 0.3) is 0 Å². The van der Waals surface area contributed by atoms with Crippen LogP contribution >= 0.6 is 0 Å². The lowest BCUT2D eigenvalue weighted by molar-refractivity contribution is 0.370. The monoisotopic (exact) mass is 915 g/mol. The maximum atomic E-state index is 9.76. The van der Waals surface area contributed by atoms with Crippen LogP contribution < -0.4 is 0 Å². The third-order valence-corrected chi connectivity index (χ3v) is 31.4. The molecular weight excluding hydrogens is 817 g/mol. The summed E-state index contributed by atoms with van der Waals surface area (Å²) in [5, 5.41) is 19.5. The van der Waals surface area contributed by atoms with Crippen molar-refractivity contribution in [1.82, 2.24) is 0 Å². The van der Waals surface area contributed by atoms with Crippen molar-refractivity contribution in [1.29, 1.82) is 0 Å². The average molecular weight is 916 g/mol. The summed E-state index contributed by atoms with van der Waals surface area (Å²) in [6, 6.07) is 15.5. The Morgan fingerprint density at radius 1 is 0.410 bits per heavy atom. The Kier molecular flexibility index (Phi) is 26.9. The maximum absolute atomic E-state index is 9.76. The first kappa shape index (κ1) is 55.9. The Morgan fingerprint density at radius 2 is 0.721 bits per heavy atom. The van der Waals surface area contributed by atoms with Crippen molar-refractivity contribution < 1.29 is 23.2 Å². The van der Waals surface area contributed by atoms with Crippen LogP contribution in [0.5, 0.6) is 11.5 Å². The van der Waals surface area contributed by atoms with Gasteiger partial charge >= 0.3 is 0 Å². The van der Waals surface area contributed by atoms with Crippen LogP contribution in [-0.4, -0.2) is 57.7 Å². The highest BCUT2D eigenvalue weighted by atomic mass is 28.4. The van der Waals surface area contributed by atoms with Gasteiger partial charge in [0, 0.05) is 14.2 Å². The lowest BCUT2D eigenvalue weighted by Gasteiger charge is -2.44. The van der Waals surface area contributed by atoms with Crippen molar-refractivity contribution in [3.05, 3.63) is 59.7 Å². The lowest BCUT2D eigenvalue weighted by atomic mass is 10.0. The fraction of sp³-hybridized carbons (Fsp3) is 0.769. The Labute approximate surface area is 382 Å². The molecule has 2 aromatic rings. The Hall–Kier alpha value is -1.21. The fourth-order valence-electron chi connectivity index (χ4n) is 10.3. The summed E-state index contributed by atoms with van der Waals surface area (Å²) in [5.41, 5.74) is 5.29. The van der Waals surface area contributed by atoms with Crippen molar-refractivity contribution in [2.75, 3.05) is 14.2 Å². The van der Waals surface area contributed by atoms with E-state index in [0.717, 1.165) is 12.8 Å². The summed E-state index contributed by atoms with van der Waals surface area (Å²) < 4.78 is 20.4. The molecule has 61 heavy (non-hydrogen) atoms. The third-order valence-electron chi connectivity index (χ3n) is 14.9. The molecule has 0 amide bonds. The molecule has 0 radical (unpaired) electrons. The quantitative estimate of drug-likeness (QED) is 0.0527. The van der Waals surface area contributed by atoms with E-state index < -0.39 is 33.3 Å². The number of phenolic OH excluding ortho intramolecular Hbond substituents is 2. The van der Waals surface area contributed by atoms with Crippen LogP contribution in [0.3, 0.4) is 0 Å². The smallest absolute Gasteiger partial charge is 0.189 e. The van der Waals surface area contributed by atoms with Gasteiger partial charge in [0.1, 0.15) is 11.5 Å². The van der Waals surface area contributed by atoms with Gasteiger partial charge in [0.15, 0.2) is 33.3 Å². The van der Waals surface area contributed by atoms with E-state index >= 15 is 0 Å². The van der Waals surface area contributed by atoms with Crippen molar-refractivity contribution in [3.8, 4) is 11.5 Å². The summed E-state index contributed by atoms with van der Waals surface area (Å²) >= 11 is 0. The zero-order chi connectivity index (χ0) is 45.4. The van der Waals surface area contributed by atoms with Gasteiger partial charge in [-0.1, -0.05) is 167 Å². The molecule has 0 heterocycles. The molecule has 0 saturated heterocycles. The second-order valence-corrected chi connectivity index (χ2v) is 38.8. The standard InChI is InChI=1S/C52H98O5Si4/c1-13-29-49(39-41-51(58(5,6)55-3)37-25-21-17-15-19-23-31-45-33-27-35-47(53)43-45)60(9,10)57-61(11,12)50(30-14-2)40-42-52(59(7,8)56-4)38-26-22-18-16-20-24-32-46-34-28-36-48(54)44-46/h27-28,33-36,43-44,49-54H,13-26,29-32,37-42H2,1-12H3. The normalized spacial score (nSPS) is 14.9. The predicted molar refractivity (Wildman–Crippen MR) is 277 cm³/mol. The summed E-state index contributed by atoms with van der Waals surface area (Å²) in [6.07, 6.45) is 30.5. The van der Waals surface area contributed by atoms with Crippen LogP contribution in [0, 0.1) is 0 Å². The van der Waals surface area contributed by atoms with E-state index in [1.165, 1.54) is 152 Å². The first-order chi connectivity index (χ1) is 28.9. The van der Waals surface area contributed by atoms with Crippen LogP contribution in [0.2, 0.25) is 74.5 Å². The molecule has 0 aromatic heterocycles. The molecule has 0 aliphatic rings. The number of hydrogen-bond donors (Lipinski definition) is 2. The number of aryl methyl sites for hydroxylation is 2. The number of phenols is 2. The molecular formula is C52H98O5Si4. The van der Waals surface area contributed by atoms with Crippen molar-refractivity contribution in [3.63, 3.8) is 0 Å². The molecule has 0 aliphatic heterocycles. The molecule has 0 fully saturated rings. The minimum Gasteiger partial charge on any atom is -0.508 e. The topological polar surface area (TPSA) is 68.2 Å². The van der Waals surface area contributed by atoms with Gasteiger partial charge < -0.3 is 23.2 Å². The Bertz CT molecular complexity index is 1330. The second-order valence-electron chi connectivity index (χ2n) is 21.1. The Balaban J connectivity index is 1.92. The minimum absolute atomic E-state index is 0.382. The molecule has 2 rings (SSSR count). The molecule has 352 valence electrons. The molecule has 2 aromatic carbocycles. The Morgan fingerprint density at radius 3 is 1.03 bits per heavy atom. The van der Waals surface area contributed by atoms with Gasteiger partial charge in [0.05, 0.1) is 0 Å². The number of benzene rings is 2. The average Bonchev–Trinajstić information content (AvgIpc) is 3.20. The maximum Gasteiger partial charge on any atom is 0.189 e. The lowest BCUT2D eigenvalue weighted by Crippen LogP contribution is -2.50. The van der Waals surface area contributed by atoms with Gasteiger partial charge in [-0.05, 0) is 136 Å². The summed E-state index contributed by atoms with van der Waals surface area (Å²) in [4.78, 5) is 0. The van der Waals surface area contributed by atoms with Gasteiger partial charge in [0.25, 0.3) is 0 Å². The van der Waals surface area contributed by atoms with Crippen molar-refractivity contribution >= 4 is 33.3 Å². The van der Waals surface area contributed by atoms with E-state index in [9.17, 15) is 10.2 Å². The van der Waals surface area contributed by atoms with Crippen LogP contribution in [0.15, 0.2) is 48.5 Å². The van der Waals surface area contributed by atoms with E-state index in [2.05, 4.69) is 78.4 Å². The van der Waals surface area contributed by atoms with Gasteiger partial charge in [-0.15, -0.1) is 0 Å². The molecule has 4 unspecified atom stereocenters. The number of aromatic hydroxyl groups is 2. The van der Waals surface area contributed by atoms with Crippen molar-refractivity contribution in [2.24, 2.45) is 0 Å². The molecule has 0 bridgehead atoms. The van der Waals surface area contributed by atoms with E-state index in [-0.39, 0.29) is 0 Å². The largest absolute Gasteiger partial charge is 0.508 e. The minimum atomic E-state index is -1.97. The molecule has 5 nitrogen and oxygen atoms in total. The highest BCUT2D eigenvalue weighted by Crippen LogP contribution is 2.45. The first-order valence-electron chi connectivity index (χ1n) is 25.3. The van der Waals surface area contributed by atoms with E-state index in [1.807, 2.05) is 38.5 Å². The van der Waals surface area contributed by atoms with E-state index in [0.29, 0.717) is 33.7 Å². The highest BCUT2D eigenvalue weighted by Gasteiger charge is 2.44. The van der Waals surface area contributed by atoms with Crippen LogP contribution in [0.1, 0.15) is 166 Å². The van der Waals surface area contributed by atoms with Gasteiger partial charge in [-0.25, -0.2) is 0 Å². The predicted octanol–water partition coefficient (Wildman–Crippen LogP) is 17.1. The van der Waals surface area contributed by atoms with Crippen LogP contribution in [0.4, 0.5) is 0 Å². The third kappa shape index (κ3) is 22.0. The first-order valence-corrected chi connectivity index (χ1v) is 37.2. The molecule has 2 N–H and O–H groups in total.